The van der Waals surface area contributed by atoms with E-state index >= 15 is 0 Å². The third kappa shape index (κ3) is 4.31. The van der Waals surface area contributed by atoms with Gasteiger partial charge in [-0.05, 0) is 90.2 Å². The summed E-state index contributed by atoms with van der Waals surface area (Å²) in [4.78, 5) is 3.83. The zero-order chi connectivity index (χ0) is 29.7. The van der Waals surface area contributed by atoms with Gasteiger partial charge in [0.2, 0.25) is 0 Å². The Balaban J connectivity index is 1.15. The Morgan fingerprint density at radius 2 is 1.27 bits per heavy atom. The summed E-state index contributed by atoms with van der Waals surface area (Å²) in [6.45, 7) is 0. The zero-order valence-electron chi connectivity index (χ0n) is 24.7. The zero-order valence-corrected chi connectivity index (χ0v) is 25.5. The van der Waals surface area contributed by atoms with Crippen LogP contribution in [0.1, 0.15) is 16.9 Å². The lowest BCUT2D eigenvalue weighted by molar-refractivity contribution is 1.02. The number of hydrogen-bond donors (Lipinski definition) is 0. The van der Waals surface area contributed by atoms with Crippen LogP contribution in [0.25, 0.3) is 54.8 Å². The summed E-state index contributed by atoms with van der Waals surface area (Å²) in [7, 11) is 0. The molecule has 214 valence electrons. The number of allylic oxidation sites excluding steroid dienone is 1. The van der Waals surface area contributed by atoms with Crippen LogP contribution in [0.15, 0.2) is 152 Å². The van der Waals surface area contributed by atoms with Gasteiger partial charge in [0, 0.05) is 48.5 Å². The third-order valence-corrected chi connectivity index (χ3v) is 10.3. The number of anilines is 3. The molecule has 0 bridgehead atoms. The predicted molar refractivity (Wildman–Crippen MR) is 194 cm³/mol. The first-order valence-electron chi connectivity index (χ1n) is 15.6. The van der Waals surface area contributed by atoms with Gasteiger partial charge in [0.25, 0.3) is 0 Å². The minimum absolute atomic E-state index is 1.13. The fourth-order valence-corrected chi connectivity index (χ4v) is 8.33. The van der Waals surface area contributed by atoms with E-state index in [4.69, 9.17) is 0 Å². The fraction of sp³-hybridized carbons (Fsp3) is 0.0476. The highest BCUT2D eigenvalue weighted by atomic mass is 32.1. The van der Waals surface area contributed by atoms with Gasteiger partial charge >= 0.3 is 0 Å². The molecule has 0 fully saturated rings. The van der Waals surface area contributed by atoms with Crippen molar-refractivity contribution in [1.29, 1.82) is 0 Å². The molecule has 0 saturated heterocycles. The lowest BCUT2D eigenvalue weighted by atomic mass is 10.0. The molecule has 2 aromatic heterocycles. The Morgan fingerprint density at radius 3 is 2.04 bits per heavy atom. The second-order valence-electron chi connectivity index (χ2n) is 11.7. The van der Waals surface area contributed by atoms with E-state index in [9.17, 15) is 0 Å². The number of aryl methyl sites for hydroxylation is 1. The Labute approximate surface area is 266 Å². The van der Waals surface area contributed by atoms with Gasteiger partial charge in [0.05, 0.1) is 11.0 Å². The summed E-state index contributed by atoms with van der Waals surface area (Å²) in [5, 5.41) is 4.07. The number of para-hydroxylation sites is 3. The SMILES string of the molecule is C1=Cc2c(sc3c2ccc2c3c3ccccc3n2-c2ccc(-c3cccc(N(c4ccccc4)c4ccccc4)c3)cc2)CC1. The molecule has 0 atom stereocenters. The molecule has 2 heterocycles. The third-order valence-electron chi connectivity index (χ3n) is 9.02. The topological polar surface area (TPSA) is 8.17 Å². The molecule has 0 amide bonds. The maximum absolute atomic E-state index is 2.44. The van der Waals surface area contributed by atoms with Crippen molar-refractivity contribution < 1.29 is 0 Å². The first-order valence-corrected chi connectivity index (χ1v) is 16.4. The van der Waals surface area contributed by atoms with Gasteiger partial charge in [-0.2, -0.15) is 0 Å². The molecule has 6 aromatic carbocycles. The highest BCUT2D eigenvalue weighted by Crippen LogP contribution is 2.44. The number of hydrogen-bond acceptors (Lipinski definition) is 2. The Kier molecular flexibility index (Phi) is 6.17. The number of benzene rings is 6. The summed E-state index contributed by atoms with van der Waals surface area (Å²) < 4.78 is 3.85. The van der Waals surface area contributed by atoms with Crippen molar-refractivity contribution in [2.45, 2.75) is 12.8 Å². The monoisotopic (exact) mass is 594 g/mol. The first kappa shape index (κ1) is 26.1. The standard InChI is InChI=1S/C42H30N2S/c1-3-13-31(14-4-1)43(32-15-5-2-6-16-32)34-17-11-12-30(28-34)29-22-24-33(25-23-29)44-38-20-9-7-19-37(38)41-39(44)27-26-36-35-18-8-10-21-40(35)45-42(36)41/h1-9,11-20,22-28H,10,21H2. The Bertz CT molecular complexity index is 2320. The molecule has 3 heteroatoms. The van der Waals surface area contributed by atoms with Crippen LogP contribution in [-0.4, -0.2) is 4.57 Å². The van der Waals surface area contributed by atoms with Gasteiger partial charge in [-0.3, -0.25) is 0 Å². The van der Waals surface area contributed by atoms with Crippen LogP contribution in [0.2, 0.25) is 0 Å². The molecule has 2 nitrogen and oxygen atoms in total. The Morgan fingerprint density at radius 1 is 0.556 bits per heavy atom. The maximum atomic E-state index is 2.44. The van der Waals surface area contributed by atoms with E-state index in [0.717, 1.165) is 29.9 Å². The van der Waals surface area contributed by atoms with Crippen LogP contribution in [0, 0.1) is 0 Å². The van der Waals surface area contributed by atoms with E-state index in [1.165, 1.54) is 59.1 Å². The van der Waals surface area contributed by atoms with E-state index in [-0.39, 0.29) is 0 Å². The van der Waals surface area contributed by atoms with E-state index < -0.39 is 0 Å². The van der Waals surface area contributed by atoms with Gasteiger partial charge in [0.1, 0.15) is 0 Å². The van der Waals surface area contributed by atoms with Gasteiger partial charge in [-0.25, -0.2) is 0 Å². The smallest absolute Gasteiger partial charge is 0.0555 e. The molecular weight excluding hydrogens is 565 g/mol. The molecule has 9 rings (SSSR count). The number of nitrogens with zero attached hydrogens (tertiary/aromatic N) is 2. The molecule has 45 heavy (non-hydrogen) atoms. The number of rotatable bonds is 5. The summed E-state index contributed by atoms with van der Waals surface area (Å²) in [5.74, 6) is 0. The minimum Gasteiger partial charge on any atom is -0.310 e. The van der Waals surface area contributed by atoms with Crippen molar-refractivity contribution in [3.05, 3.63) is 162 Å². The lowest BCUT2D eigenvalue weighted by Crippen LogP contribution is -2.09. The van der Waals surface area contributed by atoms with Crippen LogP contribution < -0.4 is 4.90 Å². The maximum Gasteiger partial charge on any atom is 0.0555 e. The van der Waals surface area contributed by atoms with Crippen LogP contribution in [0.4, 0.5) is 17.1 Å². The van der Waals surface area contributed by atoms with Crippen molar-refractivity contribution in [3.63, 3.8) is 0 Å². The van der Waals surface area contributed by atoms with Gasteiger partial charge in [0.15, 0.2) is 0 Å². The summed E-state index contributed by atoms with van der Waals surface area (Å²) in [6.07, 6.45) is 6.92. The molecule has 0 N–H and O–H groups in total. The Hall–Kier alpha value is -5.38. The van der Waals surface area contributed by atoms with Crippen LogP contribution in [0.5, 0.6) is 0 Å². The van der Waals surface area contributed by atoms with Gasteiger partial charge in [-0.15, -0.1) is 11.3 Å². The quantitative estimate of drug-likeness (QED) is 0.192. The highest BCUT2D eigenvalue weighted by molar-refractivity contribution is 7.20. The van der Waals surface area contributed by atoms with Crippen molar-refractivity contribution in [2.75, 3.05) is 4.90 Å². The second kappa shape index (κ2) is 10.7. The fourth-order valence-electron chi connectivity index (χ4n) is 6.97. The van der Waals surface area contributed by atoms with Crippen molar-refractivity contribution >= 4 is 66.4 Å². The molecule has 0 spiro atoms. The number of aromatic nitrogens is 1. The van der Waals surface area contributed by atoms with E-state index in [1.807, 2.05) is 11.3 Å². The summed E-state index contributed by atoms with van der Waals surface area (Å²) >= 11 is 1.98. The van der Waals surface area contributed by atoms with Crippen LogP contribution >= 0.6 is 11.3 Å². The molecule has 1 aliphatic rings. The van der Waals surface area contributed by atoms with Crippen molar-refractivity contribution in [3.8, 4) is 16.8 Å². The minimum atomic E-state index is 1.13. The largest absolute Gasteiger partial charge is 0.310 e. The van der Waals surface area contributed by atoms with Gasteiger partial charge < -0.3 is 9.47 Å². The molecule has 0 unspecified atom stereocenters. The molecule has 8 aromatic rings. The summed E-state index contributed by atoms with van der Waals surface area (Å²) in [6, 6.07) is 52.6. The molecule has 0 radical (unpaired) electrons. The van der Waals surface area contributed by atoms with E-state index in [0.29, 0.717) is 0 Å². The average molecular weight is 595 g/mol. The van der Waals surface area contributed by atoms with Crippen molar-refractivity contribution in [1.82, 2.24) is 4.57 Å². The first-order chi connectivity index (χ1) is 22.3. The number of thiophene rings is 1. The lowest BCUT2D eigenvalue weighted by Gasteiger charge is -2.26. The average Bonchev–Trinajstić information content (AvgIpc) is 3.65. The second-order valence-corrected chi connectivity index (χ2v) is 12.8. The highest BCUT2D eigenvalue weighted by Gasteiger charge is 2.20. The number of fused-ring (bicyclic) bond motifs is 7. The normalized spacial score (nSPS) is 12.6. The predicted octanol–water partition coefficient (Wildman–Crippen LogP) is 12.1. The van der Waals surface area contributed by atoms with Crippen molar-refractivity contribution in [2.24, 2.45) is 0 Å². The molecule has 0 aliphatic heterocycles. The van der Waals surface area contributed by atoms with Crippen LogP contribution in [0.3, 0.4) is 0 Å². The van der Waals surface area contributed by atoms with Gasteiger partial charge in [-0.1, -0.05) is 97.1 Å². The van der Waals surface area contributed by atoms with E-state index in [1.54, 1.807) is 0 Å². The van der Waals surface area contributed by atoms with Crippen LogP contribution in [-0.2, 0) is 6.42 Å². The molecular formula is C42H30N2S. The summed E-state index contributed by atoms with van der Waals surface area (Å²) in [5.41, 5.74) is 10.9. The molecule has 0 saturated carbocycles. The van der Waals surface area contributed by atoms with E-state index in [2.05, 4.69) is 167 Å². The molecule has 1 aliphatic carbocycles.